The van der Waals surface area contributed by atoms with Crippen LogP contribution in [0.25, 0.3) is 16.8 Å². The number of halogens is 3. The highest BCUT2D eigenvalue weighted by Crippen LogP contribution is 2.34. The van der Waals surface area contributed by atoms with E-state index in [0.29, 0.717) is 11.5 Å². The average Bonchev–Trinajstić information content (AvgIpc) is 3.23. The number of rotatable bonds is 8. The molecule has 2 N–H and O–H groups in total. The predicted molar refractivity (Wildman–Crippen MR) is 154 cm³/mol. The van der Waals surface area contributed by atoms with Gasteiger partial charge in [0.2, 0.25) is 5.91 Å². The van der Waals surface area contributed by atoms with E-state index < -0.39 is 23.7 Å². The molecule has 3 amide bonds. The second-order valence-corrected chi connectivity index (χ2v) is 10.2. The molecule has 0 saturated carbocycles. The van der Waals surface area contributed by atoms with Crippen molar-refractivity contribution >= 4 is 23.4 Å². The first-order valence-corrected chi connectivity index (χ1v) is 13.2. The van der Waals surface area contributed by atoms with E-state index >= 15 is 0 Å². The van der Waals surface area contributed by atoms with Crippen molar-refractivity contribution in [2.24, 2.45) is 5.92 Å². The fraction of sp³-hybridized carbons (Fsp3) is 0.258. The molecule has 4 rings (SSSR count). The van der Waals surface area contributed by atoms with Crippen LogP contribution in [-0.4, -0.2) is 39.7 Å². The van der Waals surface area contributed by atoms with E-state index in [0.717, 1.165) is 34.5 Å². The molecule has 214 valence electrons. The van der Waals surface area contributed by atoms with Crippen LogP contribution < -0.4 is 10.6 Å². The summed E-state index contributed by atoms with van der Waals surface area (Å²) in [5.41, 5.74) is 3.48. The van der Waals surface area contributed by atoms with Crippen LogP contribution in [0.5, 0.6) is 0 Å². The maximum Gasteiger partial charge on any atom is 0.416 e. The lowest BCUT2D eigenvalue weighted by Gasteiger charge is -2.25. The Hall–Kier alpha value is -4.60. The van der Waals surface area contributed by atoms with Crippen LogP contribution in [0, 0.1) is 19.8 Å². The van der Waals surface area contributed by atoms with Gasteiger partial charge in [0.25, 0.3) is 0 Å². The Morgan fingerprint density at radius 3 is 2.15 bits per heavy atom. The number of anilines is 2. The van der Waals surface area contributed by atoms with Gasteiger partial charge in [0, 0.05) is 17.8 Å². The number of aromatic nitrogens is 2. The molecule has 0 atom stereocenters. The van der Waals surface area contributed by atoms with E-state index in [1.165, 1.54) is 17.0 Å². The Bertz CT molecular complexity index is 1510. The third-order valence-electron chi connectivity index (χ3n) is 6.40. The fourth-order valence-corrected chi connectivity index (χ4v) is 4.52. The zero-order chi connectivity index (χ0) is 29.7. The van der Waals surface area contributed by atoms with Crippen LogP contribution in [0.3, 0.4) is 0 Å². The number of para-hydroxylation sites is 1. The topological polar surface area (TPSA) is 79.3 Å². The standard InChI is InChI=1S/C31H32F3N5O2/c1-20(2)18-38(30(41)35-25-16-14-24(15-17-25)31(32,33)34)19-27(40)36-29-28(23-11-6-5-7-12-23)22(4)37-39(29)26-13-9-8-10-21(26)3/h5-17,20H,18-19H2,1-4H3,(H,35,41)(H,36,40). The summed E-state index contributed by atoms with van der Waals surface area (Å²) in [6.07, 6.45) is -4.48. The number of amides is 3. The number of aryl methyl sites for hydroxylation is 2. The van der Waals surface area contributed by atoms with Gasteiger partial charge in [0.1, 0.15) is 12.4 Å². The Morgan fingerprint density at radius 1 is 0.902 bits per heavy atom. The van der Waals surface area contributed by atoms with Crippen LogP contribution in [0.1, 0.15) is 30.7 Å². The second kappa shape index (κ2) is 12.3. The van der Waals surface area contributed by atoms with E-state index in [1.54, 1.807) is 4.68 Å². The van der Waals surface area contributed by atoms with Crippen LogP contribution in [0.4, 0.5) is 29.5 Å². The number of carbonyl (C=O) groups is 2. The number of nitrogens with zero attached hydrogens (tertiary/aromatic N) is 3. The smallest absolute Gasteiger partial charge is 0.315 e. The summed E-state index contributed by atoms with van der Waals surface area (Å²) >= 11 is 0. The largest absolute Gasteiger partial charge is 0.416 e. The minimum atomic E-state index is -4.48. The first kappa shape index (κ1) is 29.4. The van der Waals surface area contributed by atoms with Gasteiger partial charge in [0.15, 0.2) is 0 Å². The lowest BCUT2D eigenvalue weighted by molar-refractivity contribution is -0.137. The Morgan fingerprint density at radius 2 is 1.54 bits per heavy atom. The predicted octanol–water partition coefficient (Wildman–Crippen LogP) is 7.30. The number of benzene rings is 3. The van der Waals surface area contributed by atoms with Crippen LogP contribution in [0.2, 0.25) is 0 Å². The van der Waals surface area contributed by atoms with Crippen molar-refractivity contribution in [2.75, 3.05) is 23.7 Å². The minimum Gasteiger partial charge on any atom is -0.315 e. The monoisotopic (exact) mass is 563 g/mol. The zero-order valence-corrected chi connectivity index (χ0v) is 23.3. The summed E-state index contributed by atoms with van der Waals surface area (Å²) in [6, 6.07) is 20.8. The molecule has 0 aliphatic carbocycles. The van der Waals surface area contributed by atoms with Gasteiger partial charge in [-0.2, -0.15) is 18.3 Å². The van der Waals surface area contributed by atoms with Crippen molar-refractivity contribution in [3.63, 3.8) is 0 Å². The van der Waals surface area contributed by atoms with Crippen LogP contribution in [0.15, 0.2) is 78.9 Å². The summed E-state index contributed by atoms with van der Waals surface area (Å²) in [6.45, 7) is 7.60. The van der Waals surface area contributed by atoms with Gasteiger partial charge in [-0.3, -0.25) is 4.79 Å². The molecule has 10 heteroatoms. The van der Waals surface area contributed by atoms with Gasteiger partial charge in [-0.1, -0.05) is 62.4 Å². The van der Waals surface area contributed by atoms with Crippen LogP contribution in [-0.2, 0) is 11.0 Å². The lowest BCUT2D eigenvalue weighted by atomic mass is 10.1. The van der Waals surface area contributed by atoms with E-state index in [4.69, 9.17) is 5.10 Å². The third-order valence-corrected chi connectivity index (χ3v) is 6.40. The van der Waals surface area contributed by atoms with Gasteiger partial charge in [-0.15, -0.1) is 0 Å². The molecule has 0 radical (unpaired) electrons. The summed E-state index contributed by atoms with van der Waals surface area (Å²) in [5.74, 6) is 0.0570. The maximum atomic E-state index is 13.5. The van der Waals surface area contributed by atoms with Crippen molar-refractivity contribution in [3.8, 4) is 16.8 Å². The zero-order valence-electron chi connectivity index (χ0n) is 23.3. The van der Waals surface area contributed by atoms with E-state index in [2.05, 4.69) is 10.6 Å². The summed E-state index contributed by atoms with van der Waals surface area (Å²) in [5, 5.41) is 10.3. The van der Waals surface area contributed by atoms with E-state index in [9.17, 15) is 22.8 Å². The van der Waals surface area contributed by atoms with Gasteiger partial charge in [0.05, 0.1) is 16.9 Å². The molecule has 0 fully saturated rings. The number of hydrogen-bond donors (Lipinski definition) is 2. The minimum absolute atomic E-state index is 0.0285. The van der Waals surface area contributed by atoms with Gasteiger partial charge in [-0.25, -0.2) is 9.48 Å². The molecule has 0 bridgehead atoms. The average molecular weight is 564 g/mol. The van der Waals surface area contributed by atoms with E-state index in [-0.39, 0.29) is 24.7 Å². The highest BCUT2D eigenvalue weighted by molar-refractivity contribution is 5.99. The highest BCUT2D eigenvalue weighted by atomic mass is 19.4. The molecule has 1 heterocycles. The number of carbonyl (C=O) groups excluding carboxylic acids is 2. The molecular weight excluding hydrogens is 531 g/mol. The number of nitrogens with one attached hydrogen (secondary N) is 2. The normalized spacial score (nSPS) is 11.4. The molecule has 0 aliphatic heterocycles. The highest BCUT2D eigenvalue weighted by Gasteiger charge is 2.30. The van der Waals surface area contributed by atoms with Crippen molar-refractivity contribution in [2.45, 2.75) is 33.9 Å². The molecular formula is C31H32F3N5O2. The van der Waals surface area contributed by atoms with Crippen molar-refractivity contribution in [3.05, 3.63) is 95.7 Å². The first-order chi connectivity index (χ1) is 19.4. The lowest BCUT2D eigenvalue weighted by Crippen LogP contribution is -2.42. The second-order valence-electron chi connectivity index (χ2n) is 10.2. The Kier molecular flexibility index (Phi) is 8.80. The maximum absolute atomic E-state index is 13.5. The molecule has 0 saturated heterocycles. The van der Waals surface area contributed by atoms with Gasteiger partial charge < -0.3 is 15.5 Å². The molecule has 0 unspecified atom stereocenters. The SMILES string of the molecule is Cc1ccccc1-n1nc(C)c(-c2ccccc2)c1NC(=O)CN(CC(C)C)C(=O)Nc1ccc(C(F)(F)F)cc1. The molecule has 1 aromatic heterocycles. The molecule has 4 aromatic rings. The van der Waals surface area contributed by atoms with Crippen LogP contribution >= 0.6 is 0 Å². The van der Waals surface area contributed by atoms with Crippen molar-refractivity contribution in [1.29, 1.82) is 0 Å². The summed E-state index contributed by atoms with van der Waals surface area (Å²) in [4.78, 5) is 28.0. The van der Waals surface area contributed by atoms with E-state index in [1.807, 2.05) is 82.3 Å². The summed E-state index contributed by atoms with van der Waals surface area (Å²) in [7, 11) is 0. The molecule has 3 aromatic carbocycles. The molecule has 41 heavy (non-hydrogen) atoms. The number of hydrogen-bond acceptors (Lipinski definition) is 3. The Balaban J connectivity index is 1.61. The van der Waals surface area contributed by atoms with Gasteiger partial charge in [-0.05, 0) is 61.2 Å². The number of urea groups is 1. The molecule has 7 nitrogen and oxygen atoms in total. The molecule has 0 spiro atoms. The first-order valence-electron chi connectivity index (χ1n) is 13.2. The molecule has 0 aliphatic rings. The van der Waals surface area contributed by atoms with Crippen molar-refractivity contribution in [1.82, 2.24) is 14.7 Å². The van der Waals surface area contributed by atoms with Gasteiger partial charge >= 0.3 is 12.2 Å². The number of alkyl halides is 3. The van der Waals surface area contributed by atoms with Crippen molar-refractivity contribution < 1.29 is 22.8 Å². The third kappa shape index (κ3) is 7.13. The summed E-state index contributed by atoms with van der Waals surface area (Å²) < 4.78 is 40.5. The Labute approximate surface area is 237 Å². The fourth-order valence-electron chi connectivity index (χ4n) is 4.52. The quantitative estimate of drug-likeness (QED) is 0.236.